The van der Waals surface area contributed by atoms with Crippen LogP contribution in [0.4, 0.5) is 0 Å². The summed E-state index contributed by atoms with van der Waals surface area (Å²) in [6.45, 7) is 10.5. The van der Waals surface area contributed by atoms with Crippen molar-refractivity contribution in [1.29, 1.82) is 0 Å². The second-order valence-corrected chi connectivity index (χ2v) is 9.87. The van der Waals surface area contributed by atoms with Crippen LogP contribution in [0.1, 0.15) is 58.1 Å². The Morgan fingerprint density at radius 3 is 2.37 bits per heavy atom. The van der Waals surface area contributed by atoms with E-state index in [4.69, 9.17) is 9.57 Å². The molecule has 0 aromatic heterocycles. The van der Waals surface area contributed by atoms with Crippen LogP contribution >= 0.6 is 0 Å². The van der Waals surface area contributed by atoms with E-state index < -0.39 is 12.0 Å². The molecule has 0 heterocycles. The quantitative estimate of drug-likeness (QED) is 0.190. The van der Waals surface area contributed by atoms with E-state index in [9.17, 15) is 14.7 Å². The predicted octanol–water partition coefficient (Wildman–Crippen LogP) is 4.85. The summed E-state index contributed by atoms with van der Waals surface area (Å²) >= 11 is 0. The summed E-state index contributed by atoms with van der Waals surface area (Å²) in [6, 6.07) is 15.4. The Bertz CT molecular complexity index is 884. The molecule has 7 nitrogen and oxygen atoms in total. The first-order valence-electron chi connectivity index (χ1n) is 12.3. The molecule has 0 fully saturated rings. The van der Waals surface area contributed by atoms with Crippen LogP contribution in [-0.2, 0) is 27.5 Å². The van der Waals surface area contributed by atoms with Gasteiger partial charge in [0.15, 0.2) is 6.04 Å². The van der Waals surface area contributed by atoms with E-state index in [0.717, 1.165) is 41.3 Å². The van der Waals surface area contributed by atoms with Gasteiger partial charge in [-0.15, -0.1) is 0 Å². The zero-order valence-electron chi connectivity index (χ0n) is 21.4. The smallest absolute Gasteiger partial charge is 0.329 e. The highest BCUT2D eigenvalue weighted by molar-refractivity contribution is 5.76. The molecule has 2 aromatic rings. The Kier molecular flexibility index (Phi) is 11.7. The van der Waals surface area contributed by atoms with Crippen molar-refractivity contribution in [2.75, 3.05) is 13.2 Å². The second kappa shape index (κ2) is 14.5. The monoisotopic (exact) mass is 484 g/mol. The third-order valence-electron chi connectivity index (χ3n) is 5.81. The number of hydrogen-bond acceptors (Lipinski definition) is 5. The van der Waals surface area contributed by atoms with Gasteiger partial charge in [0, 0.05) is 12.0 Å². The van der Waals surface area contributed by atoms with Crippen molar-refractivity contribution in [2.45, 2.75) is 71.6 Å². The van der Waals surface area contributed by atoms with Crippen LogP contribution in [0.2, 0.25) is 0 Å². The van der Waals surface area contributed by atoms with E-state index >= 15 is 0 Å². The molecule has 0 aliphatic heterocycles. The van der Waals surface area contributed by atoms with Crippen LogP contribution in [0.15, 0.2) is 54.6 Å². The normalized spacial score (nSPS) is 12.4. The number of amides is 1. The SMILES string of the molecule is CC(C)CCC(C)(C)NCCCOc1ccc(CC(C(=O)O)N(C=O)OCc2ccccc2)cc1. The summed E-state index contributed by atoms with van der Waals surface area (Å²) < 4.78 is 5.83. The van der Waals surface area contributed by atoms with Crippen LogP contribution in [0.5, 0.6) is 5.75 Å². The van der Waals surface area contributed by atoms with Crippen LogP contribution < -0.4 is 10.1 Å². The number of carbonyl (C=O) groups excluding carboxylic acids is 1. The fourth-order valence-electron chi connectivity index (χ4n) is 3.58. The number of hydrogen-bond donors (Lipinski definition) is 2. The zero-order chi connectivity index (χ0) is 25.7. The van der Waals surface area contributed by atoms with Crippen molar-refractivity contribution >= 4 is 12.4 Å². The number of carboxylic acids is 1. The number of ether oxygens (including phenoxy) is 1. The van der Waals surface area contributed by atoms with Gasteiger partial charge in [0.05, 0.1) is 6.61 Å². The summed E-state index contributed by atoms with van der Waals surface area (Å²) in [7, 11) is 0. The number of nitrogens with one attached hydrogen (secondary N) is 1. The number of carboxylic acid groups (broad SMARTS) is 1. The van der Waals surface area contributed by atoms with Gasteiger partial charge >= 0.3 is 5.97 Å². The standard InChI is InChI=1S/C28H40N2O5/c1-22(2)15-16-28(3,4)29-17-8-18-34-25-13-11-23(12-14-25)19-26(27(32)33)30(21-31)35-20-24-9-6-5-7-10-24/h5-7,9-14,21-22,26,29H,8,15-20H2,1-4H3,(H,32,33). The Hall–Kier alpha value is -2.90. The topological polar surface area (TPSA) is 88.1 Å². The fraction of sp³-hybridized carbons (Fsp3) is 0.500. The lowest BCUT2D eigenvalue weighted by Gasteiger charge is -2.27. The number of aliphatic carboxylic acids is 1. The summed E-state index contributed by atoms with van der Waals surface area (Å²) in [4.78, 5) is 28.8. The minimum Gasteiger partial charge on any atom is -0.494 e. The van der Waals surface area contributed by atoms with E-state index in [1.54, 1.807) is 0 Å². The van der Waals surface area contributed by atoms with E-state index in [1.807, 2.05) is 54.6 Å². The molecule has 0 bridgehead atoms. The molecule has 2 aromatic carbocycles. The van der Waals surface area contributed by atoms with Gasteiger partial charge in [0.2, 0.25) is 6.41 Å². The summed E-state index contributed by atoms with van der Waals surface area (Å²) in [6.07, 6.45) is 3.77. The summed E-state index contributed by atoms with van der Waals surface area (Å²) in [5.41, 5.74) is 1.74. The van der Waals surface area contributed by atoms with Crippen molar-refractivity contribution in [3.63, 3.8) is 0 Å². The molecule has 192 valence electrons. The van der Waals surface area contributed by atoms with E-state index in [0.29, 0.717) is 18.9 Å². The molecule has 1 amide bonds. The summed E-state index contributed by atoms with van der Waals surface area (Å²) in [5, 5.41) is 14.1. The molecule has 7 heteroatoms. The van der Waals surface area contributed by atoms with Crippen molar-refractivity contribution in [3.05, 3.63) is 65.7 Å². The average Bonchev–Trinajstić information content (AvgIpc) is 2.83. The van der Waals surface area contributed by atoms with Gasteiger partial charge in [0.25, 0.3) is 0 Å². The van der Waals surface area contributed by atoms with Gasteiger partial charge in [-0.3, -0.25) is 9.63 Å². The summed E-state index contributed by atoms with van der Waals surface area (Å²) in [5.74, 6) is 0.304. The average molecular weight is 485 g/mol. The fourth-order valence-corrected chi connectivity index (χ4v) is 3.58. The van der Waals surface area contributed by atoms with Crippen LogP contribution in [-0.4, -0.2) is 47.3 Å². The number of hydroxylamine groups is 2. The van der Waals surface area contributed by atoms with E-state index in [-0.39, 0.29) is 18.6 Å². The van der Waals surface area contributed by atoms with Crippen LogP contribution in [0.25, 0.3) is 0 Å². The number of rotatable bonds is 17. The van der Waals surface area contributed by atoms with Crippen molar-refractivity contribution in [1.82, 2.24) is 10.4 Å². The van der Waals surface area contributed by atoms with Gasteiger partial charge in [-0.2, -0.15) is 0 Å². The molecule has 2 rings (SSSR count). The molecule has 0 saturated heterocycles. The van der Waals surface area contributed by atoms with Gasteiger partial charge in [0.1, 0.15) is 12.4 Å². The first-order valence-corrected chi connectivity index (χ1v) is 12.3. The first-order chi connectivity index (χ1) is 16.7. The third-order valence-corrected chi connectivity index (χ3v) is 5.81. The highest BCUT2D eigenvalue weighted by Gasteiger charge is 2.26. The minimum atomic E-state index is -1.13. The molecular weight excluding hydrogens is 444 g/mol. The lowest BCUT2D eigenvalue weighted by molar-refractivity contribution is -0.200. The molecule has 0 aliphatic rings. The van der Waals surface area contributed by atoms with Crippen LogP contribution in [0.3, 0.4) is 0 Å². The lowest BCUT2D eigenvalue weighted by Crippen LogP contribution is -2.41. The largest absolute Gasteiger partial charge is 0.494 e. The molecule has 0 aliphatic carbocycles. The molecule has 0 spiro atoms. The van der Waals surface area contributed by atoms with Crippen molar-refractivity contribution < 1.29 is 24.3 Å². The van der Waals surface area contributed by atoms with Gasteiger partial charge < -0.3 is 15.2 Å². The van der Waals surface area contributed by atoms with Crippen LogP contribution in [0, 0.1) is 5.92 Å². The highest BCUT2D eigenvalue weighted by Crippen LogP contribution is 2.17. The molecule has 2 N–H and O–H groups in total. The van der Waals surface area contributed by atoms with Gasteiger partial charge in [-0.25, -0.2) is 9.86 Å². The molecular formula is C28H40N2O5. The number of carbonyl (C=O) groups is 2. The highest BCUT2D eigenvalue weighted by atomic mass is 16.7. The minimum absolute atomic E-state index is 0.111. The Balaban J connectivity index is 1.80. The first kappa shape index (κ1) is 28.3. The van der Waals surface area contributed by atoms with Gasteiger partial charge in [-0.05, 0) is 68.8 Å². The zero-order valence-corrected chi connectivity index (χ0v) is 21.4. The Morgan fingerprint density at radius 2 is 1.77 bits per heavy atom. The Morgan fingerprint density at radius 1 is 1.09 bits per heavy atom. The molecule has 0 saturated carbocycles. The molecule has 1 unspecified atom stereocenters. The lowest BCUT2D eigenvalue weighted by atomic mass is 9.94. The maximum absolute atomic E-state index is 11.8. The van der Waals surface area contributed by atoms with Gasteiger partial charge in [-0.1, -0.05) is 56.3 Å². The predicted molar refractivity (Wildman–Crippen MR) is 137 cm³/mol. The van der Waals surface area contributed by atoms with E-state index in [1.165, 1.54) is 6.42 Å². The number of benzene rings is 2. The Labute approximate surface area is 209 Å². The molecule has 35 heavy (non-hydrogen) atoms. The van der Waals surface area contributed by atoms with Crippen molar-refractivity contribution in [2.24, 2.45) is 5.92 Å². The maximum atomic E-state index is 11.8. The molecule has 1 atom stereocenters. The van der Waals surface area contributed by atoms with Crippen molar-refractivity contribution in [3.8, 4) is 5.75 Å². The van der Waals surface area contributed by atoms with E-state index in [2.05, 4.69) is 33.0 Å². The number of nitrogens with zero attached hydrogens (tertiary/aromatic N) is 1. The second-order valence-electron chi connectivity index (χ2n) is 9.87. The third kappa shape index (κ3) is 10.9. The maximum Gasteiger partial charge on any atom is 0.329 e. The molecule has 0 radical (unpaired) electrons.